The number of rotatable bonds is 7. The van der Waals surface area contributed by atoms with Crippen LogP contribution in [0.5, 0.6) is 0 Å². The Hall–Kier alpha value is -0.120. The molecule has 0 amide bonds. The van der Waals surface area contributed by atoms with Gasteiger partial charge in [-0.25, -0.2) is 0 Å². The van der Waals surface area contributed by atoms with Crippen LogP contribution in [0.25, 0.3) is 0 Å². The number of likely N-dealkylation sites (N-methyl/N-ethyl adjacent to an activating group) is 2. The Morgan fingerprint density at radius 2 is 1.94 bits per heavy atom. The molecule has 0 bridgehead atoms. The third-order valence-electron chi connectivity index (χ3n) is 4.53. The number of piperazine rings is 1. The van der Waals surface area contributed by atoms with E-state index in [1.807, 2.05) is 0 Å². The third-order valence-corrected chi connectivity index (χ3v) is 4.53. The van der Waals surface area contributed by atoms with Gasteiger partial charge in [-0.05, 0) is 45.8 Å². The van der Waals surface area contributed by atoms with Crippen molar-refractivity contribution in [2.75, 3.05) is 40.3 Å². The lowest BCUT2D eigenvalue weighted by molar-refractivity contribution is 0.0995. The lowest BCUT2D eigenvalue weighted by Crippen LogP contribution is -2.52. The average molecular weight is 253 g/mol. The molecule has 1 aliphatic heterocycles. The predicted octanol–water partition coefficient (Wildman–Crippen LogP) is 1.79. The molecule has 0 aromatic heterocycles. The molecular weight excluding hydrogens is 222 g/mol. The van der Waals surface area contributed by atoms with E-state index < -0.39 is 0 Å². The maximum Gasteiger partial charge on any atom is 0.0235 e. The molecule has 0 aromatic carbocycles. The van der Waals surface area contributed by atoms with E-state index in [0.29, 0.717) is 0 Å². The first-order chi connectivity index (χ1) is 8.69. The van der Waals surface area contributed by atoms with E-state index in [4.69, 9.17) is 0 Å². The summed E-state index contributed by atoms with van der Waals surface area (Å²) in [5.74, 6) is 1.03. The molecule has 0 radical (unpaired) electrons. The van der Waals surface area contributed by atoms with Crippen LogP contribution in [0.4, 0.5) is 0 Å². The molecule has 0 aromatic rings. The summed E-state index contributed by atoms with van der Waals surface area (Å²) >= 11 is 0. The first kappa shape index (κ1) is 14.3. The van der Waals surface area contributed by atoms with E-state index in [2.05, 4.69) is 36.1 Å². The van der Waals surface area contributed by atoms with Gasteiger partial charge in [-0.15, -0.1) is 0 Å². The Balaban J connectivity index is 1.80. The van der Waals surface area contributed by atoms with Gasteiger partial charge in [-0.1, -0.05) is 19.8 Å². The lowest BCUT2D eigenvalue weighted by atomic mass is 9.99. The van der Waals surface area contributed by atoms with Crippen LogP contribution in [0.2, 0.25) is 0 Å². The Bertz CT molecular complexity index is 240. The largest absolute Gasteiger partial charge is 0.314 e. The Labute approximate surface area is 113 Å². The minimum atomic E-state index is 0.747. The molecular formula is C15H31N3. The fourth-order valence-corrected chi connectivity index (χ4v) is 3.05. The van der Waals surface area contributed by atoms with E-state index in [0.717, 1.165) is 18.0 Å². The van der Waals surface area contributed by atoms with Crippen LogP contribution in [0.15, 0.2) is 0 Å². The summed E-state index contributed by atoms with van der Waals surface area (Å²) in [4.78, 5) is 5.05. The van der Waals surface area contributed by atoms with Crippen LogP contribution in [-0.2, 0) is 0 Å². The summed E-state index contributed by atoms with van der Waals surface area (Å²) in [6.07, 6.45) is 6.95. The quantitative estimate of drug-likeness (QED) is 0.746. The molecule has 2 rings (SSSR count). The molecule has 0 spiro atoms. The van der Waals surface area contributed by atoms with Crippen LogP contribution in [-0.4, -0.2) is 62.2 Å². The molecule has 1 N–H and O–H groups in total. The summed E-state index contributed by atoms with van der Waals surface area (Å²) in [5, 5.41) is 3.78. The highest BCUT2D eigenvalue weighted by Crippen LogP contribution is 2.34. The Morgan fingerprint density at radius 3 is 2.61 bits per heavy atom. The van der Waals surface area contributed by atoms with Gasteiger partial charge in [0.1, 0.15) is 0 Å². The fourth-order valence-electron chi connectivity index (χ4n) is 3.05. The van der Waals surface area contributed by atoms with E-state index in [9.17, 15) is 0 Å². The molecule has 3 nitrogen and oxygen atoms in total. The topological polar surface area (TPSA) is 18.5 Å². The molecule has 106 valence electrons. The molecule has 2 unspecified atom stereocenters. The van der Waals surface area contributed by atoms with E-state index in [1.54, 1.807) is 0 Å². The maximum atomic E-state index is 3.78. The maximum absolute atomic E-state index is 3.78. The molecule has 1 aliphatic carbocycles. The highest BCUT2D eigenvalue weighted by Gasteiger charge is 2.29. The first-order valence-electron chi connectivity index (χ1n) is 7.81. The average Bonchev–Trinajstić information content (AvgIpc) is 3.14. The number of nitrogens with one attached hydrogen (secondary N) is 1. The minimum absolute atomic E-state index is 0.747. The van der Waals surface area contributed by atoms with Gasteiger partial charge in [0.05, 0.1) is 0 Å². The van der Waals surface area contributed by atoms with Crippen molar-refractivity contribution in [3.8, 4) is 0 Å². The van der Waals surface area contributed by atoms with Gasteiger partial charge in [0, 0.05) is 31.7 Å². The summed E-state index contributed by atoms with van der Waals surface area (Å²) in [6, 6.07) is 1.49. The zero-order valence-electron chi connectivity index (χ0n) is 12.5. The van der Waals surface area contributed by atoms with Gasteiger partial charge >= 0.3 is 0 Å². The summed E-state index contributed by atoms with van der Waals surface area (Å²) in [6.45, 7) is 7.14. The van der Waals surface area contributed by atoms with Crippen molar-refractivity contribution >= 4 is 0 Å². The van der Waals surface area contributed by atoms with Gasteiger partial charge in [-0.2, -0.15) is 0 Å². The Morgan fingerprint density at radius 1 is 1.17 bits per heavy atom. The summed E-state index contributed by atoms with van der Waals surface area (Å²) < 4.78 is 0. The smallest absolute Gasteiger partial charge is 0.0235 e. The number of nitrogens with zero attached hydrogens (tertiary/aromatic N) is 2. The molecule has 2 aliphatic rings. The lowest BCUT2D eigenvalue weighted by Gasteiger charge is -2.39. The van der Waals surface area contributed by atoms with Crippen molar-refractivity contribution in [2.24, 2.45) is 5.92 Å². The van der Waals surface area contributed by atoms with Crippen LogP contribution in [0.1, 0.15) is 39.0 Å². The van der Waals surface area contributed by atoms with Gasteiger partial charge in [0.2, 0.25) is 0 Å². The molecule has 2 fully saturated rings. The van der Waals surface area contributed by atoms with Gasteiger partial charge in [-0.3, -0.25) is 0 Å². The van der Waals surface area contributed by atoms with Crippen molar-refractivity contribution in [2.45, 2.75) is 51.1 Å². The molecule has 2 atom stereocenters. The first-order valence-corrected chi connectivity index (χ1v) is 7.81. The summed E-state index contributed by atoms with van der Waals surface area (Å²) in [7, 11) is 4.56. The highest BCUT2D eigenvalue weighted by molar-refractivity contribution is 4.86. The molecule has 1 saturated carbocycles. The van der Waals surface area contributed by atoms with Crippen molar-refractivity contribution in [1.29, 1.82) is 0 Å². The van der Waals surface area contributed by atoms with E-state index in [1.165, 1.54) is 58.3 Å². The van der Waals surface area contributed by atoms with E-state index >= 15 is 0 Å². The summed E-state index contributed by atoms with van der Waals surface area (Å²) in [5.41, 5.74) is 0. The second kappa shape index (κ2) is 6.88. The molecule has 18 heavy (non-hydrogen) atoms. The molecule has 3 heteroatoms. The zero-order valence-corrected chi connectivity index (χ0v) is 12.5. The standard InChI is InChI=1S/C15H31N3/c1-4-7-16-14(10-13-5-6-13)11-15-12-17(2)8-9-18(15)3/h13-16H,4-12H2,1-3H3. The van der Waals surface area contributed by atoms with Crippen molar-refractivity contribution in [3.05, 3.63) is 0 Å². The fraction of sp³-hybridized carbons (Fsp3) is 1.00. The van der Waals surface area contributed by atoms with E-state index in [-0.39, 0.29) is 0 Å². The van der Waals surface area contributed by atoms with Crippen molar-refractivity contribution < 1.29 is 0 Å². The normalized spacial score (nSPS) is 28.5. The van der Waals surface area contributed by atoms with Crippen LogP contribution < -0.4 is 5.32 Å². The van der Waals surface area contributed by atoms with Crippen molar-refractivity contribution in [1.82, 2.24) is 15.1 Å². The predicted molar refractivity (Wildman–Crippen MR) is 78.0 cm³/mol. The van der Waals surface area contributed by atoms with Gasteiger partial charge < -0.3 is 15.1 Å². The molecule has 1 saturated heterocycles. The highest BCUT2D eigenvalue weighted by atomic mass is 15.3. The third kappa shape index (κ3) is 4.52. The van der Waals surface area contributed by atoms with Crippen molar-refractivity contribution in [3.63, 3.8) is 0 Å². The molecule has 1 heterocycles. The Kier molecular flexibility index (Phi) is 5.46. The zero-order chi connectivity index (χ0) is 13.0. The van der Waals surface area contributed by atoms with Crippen LogP contribution in [0, 0.1) is 5.92 Å². The minimum Gasteiger partial charge on any atom is -0.314 e. The number of hydrogen-bond donors (Lipinski definition) is 1. The van der Waals surface area contributed by atoms with Crippen LogP contribution in [0.3, 0.4) is 0 Å². The SMILES string of the molecule is CCCNC(CC1CC1)CC1CN(C)CCN1C. The number of hydrogen-bond acceptors (Lipinski definition) is 3. The second-order valence-corrected chi connectivity index (χ2v) is 6.46. The van der Waals surface area contributed by atoms with Gasteiger partial charge in [0.25, 0.3) is 0 Å². The monoisotopic (exact) mass is 253 g/mol. The van der Waals surface area contributed by atoms with Gasteiger partial charge in [0.15, 0.2) is 0 Å². The van der Waals surface area contributed by atoms with Crippen LogP contribution >= 0.6 is 0 Å². The second-order valence-electron chi connectivity index (χ2n) is 6.46.